The zero-order chi connectivity index (χ0) is 21.1. The van der Waals surface area contributed by atoms with Gasteiger partial charge in [0.2, 0.25) is 5.91 Å². The summed E-state index contributed by atoms with van der Waals surface area (Å²) >= 11 is 13.8. The average Bonchev–Trinajstić information content (AvgIpc) is 3.34. The van der Waals surface area contributed by atoms with Crippen LogP contribution in [0.25, 0.3) is 0 Å². The number of nitrogens with two attached hydrogens (primary N) is 1. The normalized spacial score (nSPS) is 16.1. The standard InChI is InChI=1S/C19H20Cl2N4O3S/c1-10-12(20)5-4-11(16(10)21)19(28)25-8-2-3-14(25)18-24-13(9-29-18)17(27)23-7-6-15(22)26/h4-5,9,14H,2-3,6-8H2,1H3,(H2,22,26)(H,23,27)/t14-/m1/s1. The van der Waals surface area contributed by atoms with E-state index < -0.39 is 5.91 Å². The summed E-state index contributed by atoms with van der Waals surface area (Å²) in [7, 11) is 0. The molecule has 2 heterocycles. The van der Waals surface area contributed by atoms with Crippen molar-refractivity contribution in [3.63, 3.8) is 0 Å². The molecule has 0 spiro atoms. The molecular weight excluding hydrogens is 435 g/mol. The Bertz CT molecular complexity index is 963. The number of thiazole rings is 1. The molecule has 0 bridgehead atoms. The van der Waals surface area contributed by atoms with Crippen LogP contribution in [-0.2, 0) is 4.79 Å². The highest BCUT2D eigenvalue weighted by molar-refractivity contribution is 7.09. The van der Waals surface area contributed by atoms with E-state index in [1.165, 1.54) is 11.3 Å². The molecule has 1 fully saturated rings. The number of benzene rings is 1. The summed E-state index contributed by atoms with van der Waals surface area (Å²) in [5, 5.41) is 5.81. The zero-order valence-corrected chi connectivity index (χ0v) is 18.0. The van der Waals surface area contributed by atoms with Crippen molar-refractivity contribution in [2.45, 2.75) is 32.2 Å². The third kappa shape index (κ3) is 4.71. The number of primary amides is 1. The highest BCUT2D eigenvalue weighted by Gasteiger charge is 2.34. The lowest BCUT2D eigenvalue weighted by Gasteiger charge is -2.24. The maximum atomic E-state index is 13.1. The number of nitrogens with one attached hydrogen (secondary N) is 1. The summed E-state index contributed by atoms with van der Waals surface area (Å²) < 4.78 is 0. The molecule has 3 N–H and O–H groups in total. The average molecular weight is 455 g/mol. The predicted octanol–water partition coefficient (Wildman–Crippen LogP) is 3.34. The first kappa shape index (κ1) is 21.5. The summed E-state index contributed by atoms with van der Waals surface area (Å²) in [6, 6.07) is 3.08. The summed E-state index contributed by atoms with van der Waals surface area (Å²) in [5.74, 6) is -1.04. The van der Waals surface area contributed by atoms with Gasteiger partial charge in [0.15, 0.2) is 0 Å². The van der Waals surface area contributed by atoms with Crippen LogP contribution in [0.1, 0.15) is 56.7 Å². The zero-order valence-electron chi connectivity index (χ0n) is 15.7. The molecule has 29 heavy (non-hydrogen) atoms. The van der Waals surface area contributed by atoms with Crippen LogP contribution in [0.2, 0.25) is 10.0 Å². The summed E-state index contributed by atoms with van der Waals surface area (Å²) in [5.41, 5.74) is 6.39. The minimum Gasteiger partial charge on any atom is -0.370 e. The Morgan fingerprint density at radius 3 is 2.83 bits per heavy atom. The van der Waals surface area contributed by atoms with Crippen LogP contribution in [-0.4, -0.2) is 40.7 Å². The van der Waals surface area contributed by atoms with Crippen LogP contribution in [0, 0.1) is 6.92 Å². The lowest BCUT2D eigenvalue weighted by molar-refractivity contribution is -0.117. The van der Waals surface area contributed by atoms with Crippen molar-refractivity contribution in [1.29, 1.82) is 0 Å². The number of rotatable bonds is 6. The Hall–Kier alpha value is -2.16. The molecule has 1 aliphatic heterocycles. The maximum absolute atomic E-state index is 13.1. The molecular formula is C19H20Cl2N4O3S. The first-order valence-corrected chi connectivity index (χ1v) is 10.7. The van der Waals surface area contributed by atoms with Gasteiger partial charge in [-0.1, -0.05) is 23.2 Å². The quantitative estimate of drug-likeness (QED) is 0.697. The van der Waals surface area contributed by atoms with Gasteiger partial charge in [-0.25, -0.2) is 4.98 Å². The molecule has 1 aliphatic rings. The third-order valence-corrected chi connectivity index (χ3v) is 6.60. The number of nitrogens with zero attached hydrogens (tertiary/aromatic N) is 2. The minimum atomic E-state index is -0.486. The fourth-order valence-electron chi connectivity index (χ4n) is 3.18. The van der Waals surface area contributed by atoms with Crippen LogP contribution in [0.4, 0.5) is 0 Å². The van der Waals surface area contributed by atoms with Crippen LogP contribution >= 0.6 is 34.5 Å². The molecule has 3 rings (SSSR count). The van der Waals surface area contributed by atoms with Gasteiger partial charge in [-0.2, -0.15) is 0 Å². The second-order valence-electron chi connectivity index (χ2n) is 6.73. The Balaban J connectivity index is 1.75. The lowest BCUT2D eigenvalue weighted by atomic mass is 10.1. The number of amides is 3. The fraction of sp³-hybridized carbons (Fsp3) is 0.368. The van der Waals surface area contributed by atoms with Crippen molar-refractivity contribution < 1.29 is 14.4 Å². The first-order valence-electron chi connectivity index (χ1n) is 9.07. The van der Waals surface area contributed by atoms with Gasteiger partial charge in [-0.05, 0) is 37.5 Å². The van der Waals surface area contributed by atoms with Gasteiger partial charge in [0.05, 0.1) is 16.6 Å². The van der Waals surface area contributed by atoms with Gasteiger partial charge in [0, 0.05) is 29.9 Å². The molecule has 10 heteroatoms. The highest BCUT2D eigenvalue weighted by Crippen LogP contribution is 2.36. The van der Waals surface area contributed by atoms with Crippen molar-refractivity contribution in [1.82, 2.24) is 15.2 Å². The van der Waals surface area contributed by atoms with Crippen LogP contribution < -0.4 is 11.1 Å². The van der Waals surface area contributed by atoms with Gasteiger partial charge < -0.3 is 16.0 Å². The summed E-state index contributed by atoms with van der Waals surface area (Å²) in [6.45, 7) is 2.51. The third-order valence-electron chi connectivity index (χ3n) is 4.76. The maximum Gasteiger partial charge on any atom is 0.270 e. The number of hydrogen-bond donors (Lipinski definition) is 2. The van der Waals surface area contributed by atoms with Crippen molar-refractivity contribution in [3.8, 4) is 0 Å². The monoisotopic (exact) mass is 454 g/mol. The predicted molar refractivity (Wildman–Crippen MR) is 112 cm³/mol. The minimum absolute atomic E-state index is 0.0644. The largest absolute Gasteiger partial charge is 0.370 e. The number of likely N-dealkylation sites (tertiary alicyclic amines) is 1. The van der Waals surface area contributed by atoms with Crippen LogP contribution in [0.15, 0.2) is 17.5 Å². The summed E-state index contributed by atoms with van der Waals surface area (Å²) in [6.07, 6.45) is 1.65. The molecule has 1 saturated heterocycles. The Kier molecular flexibility index (Phi) is 6.77. The molecule has 1 aromatic heterocycles. The van der Waals surface area contributed by atoms with Crippen LogP contribution in [0.5, 0.6) is 0 Å². The van der Waals surface area contributed by atoms with E-state index in [0.717, 1.165) is 12.8 Å². The SMILES string of the molecule is Cc1c(Cl)ccc(C(=O)N2CCC[C@@H]2c2nc(C(=O)NCCC(N)=O)cs2)c1Cl. The van der Waals surface area contributed by atoms with Crippen molar-refractivity contribution in [2.24, 2.45) is 5.73 Å². The Morgan fingerprint density at radius 2 is 2.10 bits per heavy atom. The Morgan fingerprint density at radius 1 is 1.34 bits per heavy atom. The molecule has 1 atom stereocenters. The molecule has 2 aromatic rings. The van der Waals surface area contributed by atoms with E-state index in [9.17, 15) is 14.4 Å². The van der Waals surface area contributed by atoms with Gasteiger partial charge in [0.25, 0.3) is 11.8 Å². The number of carbonyl (C=O) groups is 3. The van der Waals surface area contributed by atoms with E-state index in [-0.39, 0.29) is 36.5 Å². The second-order valence-corrected chi connectivity index (χ2v) is 8.41. The Labute approximate surface area is 182 Å². The molecule has 1 aromatic carbocycles. The van der Waals surface area contributed by atoms with Gasteiger partial charge in [-0.3, -0.25) is 14.4 Å². The van der Waals surface area contributed by atoms with Crippen molar-refractivity contribution >= 4 is 52.3 Å². The van der Waals surface area contributed by atoms with Gasteiger partial charge >= 0.3 is 0 Å². The fourth-order valence-corrected chi connectivity index (χ4v) is 4.58. The topological polar surface area (TPSA) is 105 Å². The van der Waals surface area contributed by atoms with E-state index in [4.69, 9.17) is 28.9 Å². The van der Waals surface area contributed by atoms with E-state index in [0.29, 0.717) is 32.7 Å². The lowest BCUT2D eigenvalue weighted by Crippen LogP contribution is -2.31. The smallest absolute Gasteiger partial charge is 0.270 e. The van der Waals surface area contributed by atoms with Crippen LogP contribution in [0.3, 0.4) is 0 Å². The van der Waals surface area contributed by atoms with Gasteiger partial charge in [0.1, 0.15) is 10.7 Å². The number of hydrogen-bond acceptors (Lipinski definition) is 5. The number of halogens is 2. The number of carbonyl (C=O) groups excluding carboxylic acids is 3. The molecule has 0 unspecified atom stereocenters. The molecule has 0 saturated carbocycles. The van der Waals surface area contributed by atoms with Gasteiger partial charge in [-0.15, -0.1) is 11.3 Å². The molecule has 0 radical (unpaired) electrons. The second kappa shape index (κ2) is 9.11. The van der Waals surface area contributed by atoms with E-state index in [1.807, 2.05) is 0 Å². The first-order chi connectivity index (χ1) is 13.8. The highest BCUT2D eigenvalue weighted by atomic mass is 35.5. The molecule has 7 nitrogen and oxygen atoms in total. The number of aromatic nitrogens is 1. The summed E-state index contributed by atoms with van der Waals surface area (Å²) in [4.78, 5) is 42.2. The molecule has 154 valence electrons. The van der Waals surface area contributed by atoms with Crippen molar-refractivity contribution in [3.05, 3.63) is 49.4 Å². The molecule has 0 aliphatic carbocycles. The van der Waals surface area contributed by atoms with Crippen molar-refractivity contribution in [2.75, 3.05) is 13.1 Å². The van der Waals surface area contributed by atoms with E-state index in [1.54, 1.807) is 29.3 Å². The van der Waals surface area contributed by atoms with E-state index in [2.05, 4.69) is 10.3 Å². The van der Waals surface area contributed by atoms with E-state index >= 15 is 0 Å². The molecule has 3 amide bonds.